The summed E-state index contributed by atoms with van der Waals surface area (Å²) in [5.74, 6) is -0.570. The lowest BCUT2D eigenvalue weighted by Crippen LogP contribution is -2.59. The smallest absolute Gasteiger partial charge is 0.308 e. The summed E-state index contributed by atoms with van der Waals surface area (Å²) in [6.07, 6.45) is -1.92. The van der Waals surface area contributed by atoms with Crippen LogP contribution in [0.1, 0.15) is 78.1 Å². The molecule has 0 spiro atoms. The lowest BCUT2D eigenvalue weighted by Gasteiger charge is -2.39. The molecule has 0 aromatic rings. The van der Waals surface area contributed by atoms with Crippen molar-refractivity contribution in [3.63, 3.8) is 0 Å². The molecule has 0 aromatic carbocycles. The highest BCUT2D eigenvalue weighted by molar-refractivity contribution is 5.69. The van der Waals surface area contributed by atoms with Gasteiger partial charge in [0.1, 0.15) is 30.5 Å². The third-order valence-electron chi connectivity index (χ3n) is 6.64. The van der Waals surface area contributed by atoms with E-state index < -0.39 is 61.8 Å². The van der Waals surface area contributed by atoms with Crippen molar-refractivity contribution in [2.24, 2.45) is 0 Å². The molecule has 0 aliphatic carbocycles. The number of rotatable bonds is 14. The maximum Gasteiger partial charge on any atom is 0.308 e. The Balaban J connectivity index is 1.47. The molecule has 2 heterocycles. The molecule has 6 N–H and O–H groups in total. The molecule has 0 amide bonds. The van der Waals surface area contributed by atoms with Gasteiger partial charge in [-0.05, 0) is 26.7 Å². The number of aliphatic hydroxyl groups is 6. The normalized spacial score (nSPS) is 36.6. The molecule has 10 atom stereocenters. The molecule has 0 bridgehead atoms. The SMILES string of the molecule is CC(CCCCCCCCCC(=O)OC1OC(CO)C(O)C(O)C1O)OC1OC(C)C(O)CC1O. The first kappa shape index (κ1) is 30.3. The number of aliphatic hydroxyl groups excluding tert-OH is 6. The lowest BCUT2D eigenvalue weighted by molar-refractivity contribution is -0.292. The van der Waals surface area contributed by atoms with Crippen LogP contribution in [0.2, 0.25) is 0 Å². The average Bonchev–Trinajstić information content (AvgIpc) is 2.81. The molecule has 11 heteroatoms. The first-order chi connectivity index (χ1) is 16.6. The third-order valence-corrected chi connectivity index (χ3v) is 6.64. The number of hydrogen-bond donors (Lipinski definition) is 6. The minimum absolute atomic E-state index is 0.0493. The maximum absolute atomic E-state index is 12.0. The number of unbranched alkanes of at least 4 members (excludes halogenated alkanes) is 6. The number of hydrogen-bond acceptors (Lipinski definition) is 11. The summed E-state index contributed by atoms with van der Waals surface area (Å²) >= 11 is 0. The van der Waals surface area contributed by atoms with Gasteiger partial charge in [-0.25, -0.2) is 0 Å². The summed E-state index contributed by atoms with van der Waals surface area (Å²) in [7, 11) is 0. The molecular weight excluding hydrogens is 464 g/mol. The van der Waals surface area contributed by atoms with E-state index in [0.717, 1.165) is 44.9 Å². The zero-order valence-electron chi connectivity index (χ0n) is 20.8. The number of carbonyl (C=O) groups is 1. The largest absolute Gasteiger partial charge is 0.433 e. The second kappa shape index (κ2) is 15.4. The second-order valence-electron chi connectivity index (χ2n) is 9.73. The minimum atomic E-state index is -1.58. The van der Waals surface area contributed by atoms with E-state index in [9.17, 15) is 30.3 Å². The van der Waals surface area contributed by atoms with Gasteiger partial charge in [-0.1, -0.05) is 38.5 Å². The maximum atomic E-state index is 12.0. The van der Waals surface area contributed by atoms with E-state index in [2.05, 4.69) is 0 Å². The Kier molecular flexibility index (Phi) is 13.3. The molecule has 2 fully saturated rings. The van der Waals surface area contributed by atoms with E-state index in [1.807, 2.05) is 6.92 Å². The van der Waals surface area contributed by atoms with E-state index in [4.69, 9.17) is 24.1 Å². The van der Waals surface area contributed by atoms with Gasteiger partial charge in [0.15, 0.2) is 6.29 Å². The van der Waals surface area contributed by atoms with Crippen LogP contribution in [0.15, 0.2) is 0 Å². The highest BCUT2D eigenvalue weighted by atomic mass is 16.7. The Bertz CT molecular complexity index is 604. The molecule has 2 rings (SSSR count). The van der Waals surface area contributed by atoms with Crippen molar-refractivity contribution in [1.82, 2.24) is 0 Å². The predicted molar refractivity (Wildman–Crippen MR) is 123 cm³/mol. The Labute approximate surface area is 207 Å². The topological polar surface area (TPSA) is 175 Å². The van der Waals surface area contributed by atoms with Gasteiger partial charge in [0.2, 0.25) is 6.29 Å². The fourth-order valence-corrected chi connectivity index (χ4v) is 4.30. The number of carbonyl (C=O) groups excluding carboxylic acids is 1. The van der Waals surface area contributed by atoms with Crippen LogP contribution < -0.4 is 0 Å². The average molecular weight is 509 g/mol. The van der Waals surface area contributed by atoms with Crippen LogP contribution in [0.3, 0.4) is 0 Å². The Hall–Kier alpha value is -0.890. The van der Waals surface area contributed by atoms with Crippen molar-refractivity contribution >= 4 is 5.97 Å². The van der Waals surface area contributed by atoms with Crippen LogP contribution in [0, 0.1) is 0 Å². The van der Waals surface area contributed by atoms with Crippen LogP contribution in [0.4, 0.5) is 0 Å². The Morgan fingerprint density at radius 1 is 0.857 bits per heavy atom. The first-order valence-electron chi connectivity index (χ1n) is 12.8. The van der Waals surface area contributed by atoms with E-state index in [-0.39, 0.29) is 25.0 Å². The Morgan fingerprint density at radius 3 is 2.14 bits per heavy atom. The van der Waals surface area contributed by atoms with Crippen molar-refractivity contribution in [2.75, 3.05) is 6.61 Å². The van der Waals surface area contributed by atoms with Crippen LogP contribution in [-0.4, -0.2) is 105 Å². The van der Waals surface area contributed by atoms with Crippen LogP contribution in [-0.2, 0) is 23.7 Å². The molecule has 10 unspecified atom stereocenters. The summed E-state index contributed by atoms with van der Waals surface area (Å²) in [6, 6.07) is 0. The molecule has 2 saturated heterocycles. The zero-order chi connectivity index (χ0) is 26.0. The number of esters is 1. The van der Waals surface area contributed by atoms with Gasteiger partial charge in [0.05, 0.1) is 24.9 Å². The summed E-state index contributed by atoms with van der Waals surface area (Å²) < 4.78 is 21.6. The monoisotopic (exact) mass is 508 g/mol. The van der Waals surface area contributed by atoms with Crippen molar-refractivity contribution < 1.29 is 54.4 Å². The minimum Gasteiger partial charge on any atom is -0.433 e. The summed E-state index contributed by atoms with van der Waals surface area (Å²) in [6.45, 7) is 3.14. The highest BCUT2D eigenvalue weighted by Gasteiger charge is 2.45. The molecule has 206 valence electrons. The van der Waals surface area contributed by atoms with E-state index in [1.165, 1.54) is 0 Å². The van der Waals surface area contributed by atoms with E-state index in [0.29, 0.717) is 6.42 Å². The van der Waals surface area contributed by atoms with Crippen molar-refractivity contribution in [2.45, 2.75) is 139 Å². The van der Waals surface area contributed by atoms with Crippen molar-refractivity contribution in [3.05, 3.63) is 0 Å². The van der Waals surface area contributed by atoms with Gasteiger partial charge >= 0.3 is 5.97 Å². The Morgan fingerprint density at radius 2 is 1.49 bits per heavy atom. The third kappa shape index (κ3) is 9.83. The molecular formula is C24H44O11. The van der Waals surface area contributed by atoms with Gasteiger partial charge in [-0.15, -0.1) is 0 Å². The van der Waals surface area contributed by atoms with Gasteiger partial charge in [0.25, 0.3) is 0 Å². The zero-order valence-corrected chi connectivity index (χ0v) is 20.8. The fourth-order valence-electron chi connectivity index (χ4n) is 4.30. The molecule has 0 saturated carbocycles. The predicted octanol–water partition coefficient (Wildman–Crippen LogP) is 0.102. The van der Waals surface area contributed by atoms with Gasteiger partial charge < -0.3 is 49.6 Å². The standard InChI is InChI=1S/C24H44O11/c1-14(32-23-17(27)12-16(26)15(2)33-23)10-8-6-4-3-5-7-9-11-19(28)35-24-22(31)21(30)20(29)18(13-25)34-24/h14-18,20-27,29-31H,3-13H2,1-2H3. The van der Waals surface area contributed by atoms with Crippen LogP contribution in [0.5, 0.6) is 0 Å². The van der Waals surface area contributed by atoms with Gasteiger partial charge in [0, 0.05) is 12.8 Å². The quantitative estimate of drug-likeness (QED) is 0.139. The van der Waals surface area contributed by atoms with Crippen LogP contribution in [0.25, 0.3) is 0 Å². The highest BCUT2D eigenvalue weighted by Crippen LogP contribution is 2.24. The summed E-state index contributed by atoms with van der Waals surface area (Å²) in [5, 5.41) is 58.3. The molecule has 0 radical (unpaired) electrons. The van der Waals surface area contributed by atoms with Gasteiger partial charge in [-0.2, -0.15) is 0 Å². The first-order valence-corrected chi connectivity index (χ1v) is 12.8. The molecule has 11 nitrogen and oxygen atoms in total. The molecule has 2 aliphatic heterocycles. The summed E-state index contributed by atoms with van der Waals surface area (Å²) in [4.78, 5) is 12.0. The fraction of sp³-hybridized carbons (Fsp3) is 0.958. The van der Waals surface area contributed by atoms with Crippen LogP contribution >= 0.6 is 0 Å². The molecule has 0 aromatic heterocycles. The van der Waals surface area contributed by atoms with Crippen molar-refractivity contribution in [3.8, 4) is 0 Å². The molecule has 2 aliphatic rings. The van der Waals surface area contributed by atoms with Gasteiger partial charge in [-0.3, -0.25) is 4.79 Å². The van der Waals surface area contributed by atoms with Crippen molar-refractivity contribution in [1.29, 1.82) is 0 Å². The van der Waals surface area contributed by atoms with E-state index in [1.54, 1.807) is 6.92 Å². The second-order valence-corrected chi connectivity index (χ2v) is 9.73. The lowest BCUT2D eigenvalue weighted by atomic mass is 9.99. The summed E-state index contributed by atoms with van der Waals surface area (Å²) in [5.41, 5.74) is 0. The molecule has 35 heavy (non-hydrogen) atoms. The van der Waals surface area contributed by atoms with E-state index >= 15 is 0 Å². The number of ether oxygens (including phenoxy) is 4.